The summed E-state index contributed by atoms with van der Waals surface area (Å²) < 4.78 is 23.3. The van der Waals surface area contributed by atoms with Crippen molar-refractivity contribution in [1.82, 2.24) is 9.97 Å². The SMILES string of the molecule is CC(C)C[C@@H](O)CNc1ncnc2ccc(S(C)(=O)=O)cc12. The Kier molecular flexibility index (Phi) is 4.97. The zero-order chi connectivity index (χ0) is 16.3. The summed E-state index contributed by atoms with van der Waals surface area (Å²) in [7, 11) is -3.29. The number of rotatable bonds is 6. The number of aromatic nitrogens is 2. The molecule has 2 aromatic rings. The highest BCUT2D eigenvalue weighted by Crippen LogP contribution is 2.23. The quantitative estimate of drug-likeness (QED) is 0.843. The van der Waals surface area contributed by atoms with Crippen molar-refractivity contribution in [3.05, 3.63) is 24.5 Å². The molecule has 0 fully saturated rings. The second-order valence-corrected chi connectivity index (χ2v) is 7.85. The van der Waals surface area contributed by atoms with Crippen molar-refractivity contribution in [3.8, 4) is 0 Å². The largest absolute Gasteiger partial charge is 0.391 e. The van der Waals surface area contributed by atoms with E-state index in [2.05, 4.69) is 15.3 Å². The lowest BCUT2D eigenvalue weighted by Crippen LogP contribution is -2.21. The van der Waals surface area contributed by atoms with Gasteiger partial charge in [-0.3, -0.25) is 0 Å². The molecule has 1 aromatic heterocycles. The van der Waals surface area contributed by atoms with Gasteiger partial charge < -0.3 is 10.4 Å². The highest BCUT2D eigenvalue weighted by Gasteiger charge is 2.12. The van der Waals surface area contributed by atoms with E-state index in [0.29, 0.717) is 35.6 Å². The predicted octanol–water partition coefficient (Wildman–Crippen LogP) is 1.85. The summed E-state index contributed by atoms with van der Waals surface area (Å²) in [6.45, 7) is 4.44. The smallest absolute Gasteiger partial charge is 0.175 e. The van der Waals surface area contributed by atoms with Gasteiger partial charge in [0.25, 0.3) is 0 Å². The number of anilines is 1. The summed E-state index contributed by atoms with van der Waals surface area (Å²) in [6.07, 6.45) is 2.78. The summed E-state index contributed by atoms with van der Waals surface area (Å²) in [6, 6.07) is 4.74. The monoisotopic (exact) mass is 323 g/mol. The molecule has 7 heteroatoms. The van der Waals surface area contributed by atoms with Crippen molar-refractivity contribution in [1.29, 1.82) is 0 Å². The van der Waals surface area contributed by atoms with Gasteiger partial charge in [-0.05, 0) is 30.5 Å². The van der Waals surface area contributed by atoms with Crippen LogP contribution in [0.25, 0.3) is 10.9 Å². The molecule has 0 radical (unpaired) electrons. The van der Waals surface area contributed by atoms with Crippen LogP contribution in [0.2, 0.25) is 0 Å². The van der Waals surface area contributed by atoms with Crippen molar-refractivity contribution < 1.29 is 13.5 Å². The number of hydrogen-bond donors (Lipinski definition) is 2. The normalized spacial score (nSPS) is 13.5. The maximum absolute atomic E-state index is 11.7. The molecule has 2 rings (SSSR count). The van der Waals surface area contributed by atoms with Crippen LogP contribution in [0.15, 0.2) is 29.4 Å². The third-order valence-corrected chi connectivity index (χ3v) is 4.39. The number of nitrogens with one attached hydrogen (secondary N) is 1. The Hall–Kier alpha value is -1.73. The summed E-state index contributed by atoms with van der Waals surface area (Å²) in [5, 5.41) is 13.6. The first-order valence-electron chi connectivity index (χ1n) is 7.14. The summed E-state index contributed by atoms with van der Waals surface area (Å²) in [4.78, 5) is 8.51. The topological polar surface area (TPSA) is 92.2 Å². The molecule has 0 saturated heterocycles. The lowest BCUT2D eigenvalue weighted by molar-refractivity contribution is 0.161. The Morgan fingerprint density at radius 3 is 2.64 bits per heavy atom. The van der Waals surface area contributed by atoms with Crippen LogP contribution in [-0.4, -0.2) is 42.4 Å². The second-order valence-electron chi connectivity index (χ2n) is 5.84. The summed E-state index contributed by atoms with van der Waals surface area (Å²) >= 11 is 0. The van der Waals surface area contributed by atoms with Gasteiger partial charge in [-0.1, -0.05) is 13.8 Å². The van der Waals surface area contributed by atoms with E-state index in [-0.39, 0.29) is 4.90 Å². The molecule has 1 aromatic carbocycles. The number of aliphatic hydroxyl groups excluding tert-OH is 1. The van der Waals surface area contributed by atoms with Gasteiger partial charge in [0.1, 0.15) is 12.1 Å². The fourth-order valence-electron chi connectivity index (χ4n) is 2.25. The first-order valence-corrected chi connectivity index (χ1v) is 9.03. The number of sulfone groups is 1. The van der Waals surface area contributed by atoms with Crippen molar-refractivity contribution in [2.75, 3.05) is 18.1 Å². The number of aliphatic hydroxyl groups is 1. The van der Waals surface area contributed by atoms with Crippen molar-refractivity contribution in [3.63, 3.8) is 0 Å². The van der Waals surface area contributed by atoms with E-state index in [1.807, 2.05) is 13.8 Å². The van der Waals surface area contributed by atoms with Gasteiger partial charge in [-0.25, -0.2) is 18.4 Å². The molecule has 2 N–H and O–H groups in total. The van der Waals surface area contributed by atoms with E-state index in [4.69, 9.17) is 0 Å². The lowest BCUT2D eigenvalue weighted by atomic mass is 10.1. The van der Waals surface area contributed by atoms with E-state index in [1.54, 1.807) is 12.1 Å². The molecule has 0 unspecified atom stereocenters. The highest BCUT2D eigenvalue weighted by molar-refractivity contribution is 7.90. The maximum Gasteiger partial charge on any atom is 0.175 e. The van der Waals surface area contributed by atoms with Crippen LogP contribution in [0.5, 0.6) is 0 Å². The Bertz CT molecular complexity index is 760. The van der Waals surface area contributed by atoms with Gasteiger partial charge in [0.2, 0.25) is 0 Å². The molecule has 0 aliphatic rings. The van der Waals surface area contributed by atoms with Crippen LogP contribution in [0, 0.1) is 5.92 Å². The Balaban J connectivity index is 2.29. The van der Waals surface area contributed by atoms with E-state index < -0.39 is 15.9 Å². The van der Waals surface area contributed by atoms with Gasteiger partial charge in [0, 0.05) is 18.2 Å². The van der Waals surface area contributed by atoms with Crippen LogP contribution in [0.3, 0.4) is 0 Å². The van der Waals surface area contributed by atoms with Crippen LogP contribution in [0.1, 0.15) is 20.3 Å². The highest BCUT2D eigenvalue weighted by atomic mass is 32.2. The Labute approximate surface area is 130 Å². The van der Waals surface area contributed by atoms with E-state index >= 15 is 0 Å². The number of nitrogens with zero attached hydrogens (tertiary/aromatic N) is 2. The second kappa shape index (κ2) is 6.58. The van der Waals surface area contributed by atoms with Gasteiger partial charge >= 0.3 is 0 Å². The first kappa shape index (κ1) is 16.6. The fourth-order valence-corrected chi connectivity index (χ4v) is 2.90. The zero-order valence-corrected chi connectivity index (χ0v) is 13.8. The third-order valence-electron chi connectivity index (χ3n) is 3.28. The minimum Gasteiger partial charge on any atom is -0.391 e. The molecule has 0 amide bonds. The molecule has 0 bridgehead atoms. The number of hydrogen-bond acceptors (Lipinski definition) is 6. The molecule has 0 aliphatic carbocycles. The summed E-state index contributed by atoms with van der Waals surface area (Å²) in [5.74, 6) is 0.925. The molecule has 120 valence electrons. The minimum atomic E-state index is -3.29. The predicted molar refractivity (Wildman–Crippen MR) is 86.6 cm³/mol. The first-order chi connectivity index (χ1) is 10.3. The van der Waals surface area contributed by atoms with Gasteiger partial charge in [0.05, 0.1) is 16.5 Å². The van der Waals surface area contributed by atoms with Gasteiger partial charge in [-0.2, -0.15) is 0 Å². The van der Waals surface area contributed by atoms with Crippen LogP contribution < -0.4 is 5.32 Å². The van der Waals surface area contributed by atoms with Crippen molar-refractivity contribution in [2.24, 2.45) is 5.92 Å². The summed E-state index contributed by atoms with van der Waals surface area (Å²) in [5.41, 5.74) is 0.656. The number of benzene rings is 1. The van der Waals surface area contributed by atoms with Crippen molar-refractivity contribution >= 4 is 26.6 Å². The van der Waals surface area contributed by atoms with E-state index in [0.717, 1.165) is 6.26 Å². The average molecular weight is 323 g/mol. The molecular weight excluding hydrogens is 302 g/mol. The molecule has 1 atom stereocenters. The molecule has 1 heterocycles. The number of fused-ring (bicyclic) bond motifs is 1. The zero-order valence-electron chi connectivity index (χ0n) is 12.9. The minimum absolute atomic E-state index is 0.223. The fraction of sp³-hybridized carbons (Fsp3) is 0.467. The van der Waals surface area contributed by atoms with E-state index in [9.17, 15) is 13.5 Å². The molecular formula is C15H21N3O3S. The third kappa shape index (κ3) is 4.14. The Morgan fingerprint density at radius 2 is 2.00 bits per heavy atom. The molecule has 0 spiro atoms. The molecule has 22 heavy (non-hydrogen) atoms. The molecule has 6 nitrogen and oxygen atoms in total. The van der Waals surface area contributed by atoms with E-state index in [1.165, 1.54) is 12.4 Å². The van der Waals surface area contributed by atoms with Gasteiger partial charge in [-0.15, -0.1) is 0 Å². The molecule has 0 saturated carbocycles. The van der Waals surface area contributed by atoms with Crippen molar-refractivity contribution in [2.45, 2.75) is 31.3 Å². The van der Waals surface area contributed by atoms with Gasteiger partial charge in [0.15, 0.2) is 9.84 Å². The van der Waals surface area contributed by atoms with Crippen LogP contribution in [0.4, 0.5) is 5.82 Å². The standard InChI is InChI=1S/C15H21N3O3S/c1-10(2)6-11(19)8-16-15-13-7-12(22(3,20)21)4-5-14(13)17-9-18-15/h4-5,7,9-11,19H,6,8H2,1-3H3,(H,16,17,18)/t11-/m1/s1. The maximum atomic E-state index is 11.7. The van der Waals surface area contributed by atoms with Crippen LogP contribution in [-0.2, 0) is 9.84 Å². The lowest BCUT2D eigenvalue weighted by Gasteiger charge is -2.15. The average Bonchev–Trinajstić information content (AvgIpc) is 2.42. The molecule has 0 aliphatic heterocycles. The van der Waals surface area contributed by atoms with Crippen LogP contribution >= 0.6 is 0 Å². The Morgan fingerprint density at radius 1 is 1.27 bits per heavy atom.